The van der Waals surface area contributed by atoms with E-state index < -0.39 is 0 Å². The van der Waals surface area contributed by atoms with E-state index in [1.54, 1.807) is 31.3 Å². The van der Waals surface area contributed by atoms with Crippen LogP contribution in [-0.4, -0.2) is 22.1 Å². The van der Waals surface area contributed by atoms with Crippen LogP contribution in [0.2, 0.25) is 0 Å². The van der Waals surface area contributed by atoms with Gasteiger partial charge in [-0.25, -0.2) is 4.98 Å². The molecule has 0 aliphatic rings. The average molecular weight is 217 g/mol. The molecule has 1 aromatic heterocycles. The summed E-state index contributed by atoms with van der Waals surface area (Å²) in [5, 5.41) is 11.9. The third kappa shape index (κ3) is 1.88. The van der Waals surface area contributed by atoms with Crippen molar-refractivity contribution < 1.29 is 5.11 Å². The highest BCUT2D eigenvalue weighted by atomic mass is 16.3. The summed E-state index contributed by atoms with van der Waals surface area (Å²) in [4.78, 5) is 18.3. The molecule has 3 N–H and O–H groups in total. The Bertz CT molecular complexity index is 546. The molecule has 0 bridgehead atoms. The van der Waals surface area contributed by atoms with Crippen LogP contribution in [0.15, 0.2) is 35.3 Å². The first-order chi connectivity index (χ1) is 7.70. The van der Waals surface area contributed by atoms with Crippen molar-refractivity contribution in [3.05, 3.63) is 40.8 Å². The summed E-state index contributed by atoms with van der Waals surface area (Å²) in [6.07, 6.45) is 1.47. The van der Waals surface area contributed by atoms with Gasteiger partial charge in [0.1, 0.15) is 17.3 Å². The first-order valence-corrected chi connectivity index (χ1v) is 4.77. The molecule has 0 saturated carbocycles. The third-order valence-electron chi connectivity index (χ3n) is 2.21. The average Bonchev–Trinajstić information content (AvgIpc) is 2.30. The second kappa shape index (κ2) is 4.06. The van der Waals surface area contributed by atoms with Gasteiger partial charge in [-0.1, -0.05) is 0 Å². The molecule has 1 heterocycles. The summed E-state index contributed by atoms with van der Waals surface area (Å²) in [6, 6.07) is 6.46. The highest BCUT2D eigenvalue weighted by Crippen LogP contribution is 2.17. The van der Waals surface area contributed by atoms with E-state index >= 15 is 0 Å². The Hall–Kier alpha value is -2.30. The monoisotopic (exact) mass is 217 g/mol. The molecule has 0 aliphatic heterocycles. The lowest BCUT2D eigenvalue weighted by atomic mass is 10.2. The van der Waals surface area contributed by atoms with Crippen LogP contribution in [0.4, 0.5) is 5.69 Å². The summed E-state index contributed by atoms with van der Waals surface area (Å²) in [5.41, 5.74) is 0.945. The van der Waals surface area contributed by atoms with E-state index in [2.05, 4.69) is 15.3 Å². The van der Waals surface area contributed by atoms with Crippen LogP contribution >= 0.6 is 0 Å². The molecule has 2 rings (SSSR count). The van der Waals surface area contributed by atoms with Gasteiger partial charge in [0.15, 0.2) is 0 Å². The third-order valence-corrected chi connectivity index (χ3v) is 2.21. The SMILES string of the molecule is CNc1cnc(-c2ccc(O)cc2)[nH]c1=O. The molecule has 5 heteroatoms. The maximum atomic E-state index is 11.5. The molecule has 82 valence electrons. The molecular formula is C11H11N3O2. The lowest BCUT2D eigenvalue weighted by Gasteiger charge is -2.02. The number of rotatable bonds is 2. The molecule has 0 spiro atoms. The standard InChI is InChI=1S/C11H11N3O2/c1-12-9-6-13-10(14-11(9)16)7-2-4-8(15)5-3-7/h2-6,12,15H,1H3,(H,13,14,16). The maximum absolute atomic E-state index is 11.5. The number of aromatic amines is 1. The quantitative estimate of drug-likeness (QED) is 0.706. The summed E-state index contributed by atoms with van der Waals surface area (Å²) < 4.78 is 0. The number of phenols is 1. The van der Waals surface area contributed by atoms with Gasteiger partial charge in [0.2, 0.25) is 0 Å². The Kier molecular flexibility index (Phi) is 2.59. The molecule has 0 amide bonds. The van der Waals surface area contributed by atoms with Crippen molar-refractivity contribution in [3.8, 4) is 17.1 Å². The number of hydrogen-bond acceptors (Lipinski definition) is 4. The zero-order valence-electron chi connectivity index (χ0n) is 8.69. The van der Waals surface area contributed by atoms with Crippen LogP contribution in [0.5, 0.6) is 5.75 Å². The number of anilines is 1. The van der Waals surface area contributed by atoms with Gasteiger partial charge >= 0.3 is 0 Å². The number of benzene rings is 1. The molecule has 0 aliphatic carbocycles. The van der Waals surface area contributed by atoms with Gasteiger partial charge in [0.25, 0.3) is 5.56 Å². The minimum absolute atomic E-state index is 0.179. The number of H-pyrrole nitrogens is 1. The van der Waals surface area contributed by atoms with Gasteiger partial charge < -0.3 is 15.4 Å². The Balaban J connectivity index is 2.45. The topological polar surface area (TPSA) is 78.0 Å². The van der Waals surface area contributed by atoms with Gasteiger partial charge in [-0.05, 0) is 24.3 Å². The van der Waals surface area contributed by atoms with Crippen LogP contribution < -0.4 is 10.9 Å². The van der Waals surface area contributed by atoms with Crippen molar-refractivity contribution in [1.82, 2.24) is 9.97 Å². The van der Waals surface area contributed by atoms with Gasteiger partial charge in [0.05, 0.1) is 6.20 Å². The zero-order valence-corrected chi connectivity index (χ0v) is 8.69. The van der Waals surface area contributed by atoms with Crippen LogP contribution in [0.25, 0.3) is 11.4 Å². The van der Waals surface area contributed by atoms with E-state index in [1.165, 1.54) is 6.20 Å². The summed E-state index contributed by atoms with van der Waals surface area (Å²) in [6.45, 7) is 0. The number of hydrogen-bond donors (Lipinski definition) is 3. The highest BCUT2D eigenvalue weighted by Gasteiger charge is 2.03. The Labute approximate surface area is 91.8 Å². The summed E-state index contributed by atoms with van der Waals surface area (Å²) in [7, 11) is 1.66. The molecule has 5 nitrogen and oxygen atoms in total. The second-order valence-electron chi connectivity index (χ2n) is 3.27. The molecular weight excluding hydrogens is 206 g/mol. The van der Waals surface area contributed by atoms with E-state index in [-0.39, 0.29) is 11.3 Å². The zero-order chi connectivity index (χ0) is 11.5. The lowest BCUT2D eigenvalue weighted by Crippen LogP contribution is -2.13. The van der Waals surface area contributed by atoms with Crippen LogP contribution in [0.3, 0.4) is 0 Å². The van der Waals surface area contributed by atoms with Crippen molar-refractivity contribution in [3.63, 3.8) is 0 Å². The number of nitrogens with one attached hydrogen (secondary N) is 2. The molecule has 0 saturated heterocycles. The van der Waals surface area contributed by atoms with Crippen molar-refractivity contribution in [2.75, 3.05) is 12.4 Å². The smallest absolute Gasteiger partial charge is 0.274 e. The van der Waals surface area contributed by atoms with Crippen LogP contribution in [0, 0.1) is 0 Å². The van der Waals surface area contributed by atoms with Crippen LogP contribution in [0.1, 0.15) is 0 Å². The molecule has 0 fully saturated rings. The second-order valence-corrected chi connectivity index (χ2v) is 3.27. The van der Waals surface area contributed by atoms with Crippen molar-refractivity contribution in [1.29, 1.82) is 0 Å². The number of aromatic nitrogens is 2. The fourth-order valence-corrected chi connectivity index (χ4v) is 1.34. The van der Waals surface area contributed by atoms with E-state index in [9.17, 15) is 4.79 Å². The molecule has 0 unspecified atom stereocenters. The van der Waals surface area contributed by atoms with Crippen molar-refractivity contribution in [2.24, 2.45) is 0 Å². The van der Waals surface area contributed by atoms with Gasteiger partial charge in [0, 0.05) is 12.6 Å². The van der Waals surface area contributed by atoms with Gasteiger partial charge in [-0.2, -0.15) is 0 Å². The molecule has 2 aromatic rings. The summed E-state index contributed by atoms with van der Waals surface area (Å²) in [5.74, 6) is 0.655. The van der Waals surface area contributed by atoms with E-state index in [1.807, 2.05) is 0 Å². The number of phenolic OH excluding ortho intramolecular Hbond substituents is 1. The predicted octanol–water partition coefficient (Wildman–Crippen LogP) is 1.18. The van der Waals surface area contributed by atoms with Crippen molar-refractivity contribution in [2.45, 2.75) is 0 Å². The molecule has 0 radical (unpaired) electrons. The fourth-order valence-electron chi connectivity index (χ4n) is 1.34. The summed E-state index contributed by atoms with van der Waals surface area (Å²) >= 11 is 0. The Morgan fingerprint density at radius 1 is 1.31 bits per heavy atom. The van der Waals surface area contributed by atoms with E-state index in [0.717, 1.165) is 5.56 Å². The van der Waals surface area contributed by atoms with Gasteiger partial charge in [-0.15, -0.1) is 0 Å². The number of aromatic hydroxyl groups is 1. The largest absolute Gasteiger partial charge is 0.508 e. The molecule has 0 atom stereocenters. The maximum Gasteiger partial charge on any atom is 0.274 e. The van der Waals surface area contributed by atoms with Gasteiger partial charge in [-0.3, -0.25) is 4.79 Å². The molecule has 1 aromatic carbocycles. The predicted molar refractivity (Wildman–Crippen MR) is 61.5 cm³/mol. The van der Waals surface area contributed by atoms with E-state index in [0.29, 0.717) is 11.5 Å². The normalized spacial score (nSPS) is 10.1. The lowest BCUT2D eigenvalue weighted by molar-refractivity contribution is 0.475. The highest BCUT2D eigenvalue weighted by molar-refractivity contribution is 5.57. The Morgan fingerprint density at radius 3 is 2.56 bits per heavy atom. The minimum Gasteiger partial charge on any atom is -0.508 e. The first kappa shape index (κ1) is 10.2. The van der Waals surface area contributed by atoms with Crippen molar-refractivity contribution >= 4 is 5.69 Å². The Morgan fingerprint density at radius 2 is 2.00 bits per heavy atom. The number of nitrogens with zero attached hydrogens (tertiary/aromatic N) is 1. The minimum atomic E-state index is -0.222. The molecule has 16 heavy (non-hydrogen) atoms. The van der Waals surface area contributed by atoms with E-state index in [4.69, 9.17) is 5.11 Å². The fraction of sp³-hybridized carbons (Fsp3) is 0.0909. The first-order valence-electron chi connectivity index (χ1n) is 4.77. The van der Waals surface area contributed by atoms with Crippen LogP contribution in [-0.2, 0) is 0 Å².